The summed E-state index contributed by atoms with van der Waals surface area (Å²) in [5.74, 6) is -1.22. The SMILES string of the molecule is CC(C)C(C)(CN)Cc1cccc(F)c1F. The summed E-state index contributed by atoms with van der Waals surface area (Å²) >= 11 is 0. The van der Waals surface area contributed by atoms with E-state index in [-0.39, 0.29) is 5.41 Å². The summed E-state index contributed by atoms with van der Waals surface area (Å²) in [6.45, 7) is 6.55. The van der Waals surface area contributed by atoms with E-state index in [0.29, 0.717) is 24.4 Å². The van der Waals surface area contributed by atoms with E-state index in [1.54, 1.807) is 6.07 Å². The molecule has 0 fully saturated rings. The maximum atomic E-state index is 13.5. The van der Waals surface area contributed by atoms with Gasteiger partial charge in [-0.3, -0.25) is 0 Å². The lowest BCUT2D eigenvalue weighted by atomic mass is 9.74. The van der Waals surface area contributed by atoms with E-state index in [0.717, 1.165) is 6.07 Å². The Kier molecular flexibility index (Phi) is 4.03. The van der Waals surface area contributed by atoms with Crippen LogP contribution in [0.15, 0.2) is 18.2 Å². The molecule has 1 unspecified atom stereocenters. The Morgan fingerprint density at radius 3 is 2.44 bits per heavy atom. The monoisotopic (exact) mass is 227 g/mol. The number of hydrogen-bond donors (Lipinski definition) is 1. The van der Waals surface area contributed by atoms with Gasteiger partial charge in [-0.15, -0.1) is 0 Å². The van der Waals surface area contributed by atoms with Crippen LogP contribution in [0.3, 0.4) is 0 Å². The van der Waals surface area contributed by atoms with E-state index in [4.69, 9.17) is 5.73 Å². The Morgan fingerprint density at radius 1 is 1.31 bits per heavy atom. The molecule has 0 aliphatic heterocycles. The molecule has 16 heavy (non-hydrogen) atoms. The highest BCUT2D eigenvalue weighted by Crippen LogP contribution is 2.31. The van der Waals surface area contributed by atoms with Crippen molar-refractivity contribution >= 4 is 0 Å². The number of benzene rings is 1. The highest BCUT2D eigenvalue weighted by atomic mass is 19.2. The maximum Gasteiger partial charge on any atom is 0.162 e. The number of hydrogen-bond acceptors (Lipinski definition) is 1. The Labute approximate surface area is 95.7 Å². The molecular formula is C13H19F2N. The molecule has 0 saturated carbocycles. The van der Waals surface area contributed by atoms with Crippen molar-refractivity contribution < 1.29 is 8.78 Å². The summed E-state index contributed by atoms with van der Waals surface area (Å²) < 4.78 is 26.6. The molecule has 0 aromatic heterocycles. The quantitative estimate of drug-likeness (QED) is 0.840. The molecule has 0 aliphatic rings. The van der Waals surface area contributed by atoms with Crippen LogP contribution in [0.1, 0.15) is 26.3 Å². The van der Waals surface area contributed by atoms with Crippen molar-refractivity contribution in [3.8, 4) is 0 Å². The van der Waals surface area contributed by atoms with Crippen LogP contribution in [-0.4, -0.2) is 6.54 Å². The van der Waals surface area contributed by atoms with Gasteiger partial charge in [-0.2, -0.15) is 0 Å². The van der Waals surface area contributed by atoms with Crippen molar-refractivity contribution in [2.45, 2.75) is 27.2 Å². The molecule has 0 saturated heterocycles. The van der Waals surface area contributed by atoms with Gasteiger partial charge >= 0.3 is 0 Å². The molecule has 0 amide bonds. The highest BCUT2D eigenvalue weighted by molar-refractivity contribution is 5.20. The van der Waals surface area contributed by atoms with Gasteiger partial charge in [-0.25, -0.2) is 8.78 Å². The molecule has 3 heteroatoms. The minimum absolute atomic E-state index is 0.200. The van der Waals surface area contributed by atoms with Gasteiger partial charge in [0.25, 0.3) is 0 Å². The van der Waals surface area contributed by atoms with E-state index in [2.05, 4.69) is 0 Å². The first-order valence-electron chi connectivity index (χ1n) is 5.53. The smallest absolute Gasteiger partial charge is 0.162 e. The Hall–Kier alpha value is -0.960. The summed E-state index contributed by atoms with van der Waals surface area (Å²) in [5, 5.41) is 0. The fraction of sp³-hybridized carbons (Fsp3) is 0.538. The van der Waals surface area contributed by atoms with Crippen LogP contribution in [0.5, 0.6) is 0 Å². The van der Waals surface area contributed by atoms with Crippen molar-refractivity contribution in [2.75, 3.05) is 6.54 Å². The summed E-state index contributed by atoms with van der Waals surface area (Å²) in [7, 11) is 0. The maximum absolute atomic E-state index is 13.5. The molecule has 0 aliphatic carbocycles. The normalized spacial score (nSPS) is 15.2. The highest BCUT2D eigenvalue weighted by Gasteiger charge is 2.28. The van der Waals surface area contributed by atoms with E-state index in [9.17, 15) is 8.78 Å². The fourth-order valence-electron chi connectivity index (χ4n) is 1.63. The van der Waals surface area contributed by atoms with Crippen molar-refractivity contribution in [2.24, 2.45) is 17.1 Å². The molecule has 1 rings (SSSR count). The molecule has 2 N–H and O–H groups in total. The van der Waals surface area contributed by atoms with Gasteiger partial charge in [0.1, 0.15) is 0 Å². The van der Waals surface area contributed by atoms with Crippen LogP contribution in [0, 0.1) is 23.0 Å². The van der Waals surface area contributed by atoms with E-state index >= 15 is 0 Å². The van der Waals surface area contributed by atoms with E-state index < -0.39 is 11.6 Å². The Balaban J connectivity index is 2.99. The van der Waals surface area contributed by atoms with E-state index in [1.165, 1.54) is 6.07 Å². The van der Waals surface area contributed by atoms with Crippen LogP contribution in [0.2, 0.25) is 0 Å². The largest absolute Gasteiger partial charge is 0.330 e. The first-order valence-corrected chi connectivity index (χ1v) is 5.53. The summed E-state index contributed by atoms with van der Waals surface area (Å²) in [5.41, 5.74) is 5.93. The zero-order chi connectivity index (χ0) is 12.3. The number of nitrogens with two attached hydrogens (primary N) is 1. The molecule has 1 aromatic carbocycles. The second-order valence-electron chi connectivity index (χ2n) is 4.90. The molecular weight excluding hydrogens is 208 g/mol. The zero-order valence-corrected chi connectivity index (χ0v) is 10.1. The van der Waals surface area contributed by atoms with Gasteiger partial charge < -0.3 is 5.73 Å². The Morgan fingerprint density at radius 2 is 1.94 bits per heavy atom. The zero-order valence-electron chi connectivity index (χ0n) is 10.1. The lowest BCUT2D eigenvalue weighted by molar-refractivity contribution is 0.224. The molecule has 0 heterocycles. The molecule has 1 aromatic rings. The van der Waals surface area contributed by atoms with Gasteiger partial charge in [-0.1, -0.05) is 32.9 Å². The third-order valence-corrected chi connectivity index (χ3v) is 3.49. The Bertz CT molecular complexity index is 363. The van der Waals surface area contributed by atoms with Gasteiger partial charge in [0, 0.05) is 0 Å². The van der Waals surface area contributed by atoms with Gasteiger partial charge in [-0.05, 0) is 35.9 Å². The van der Waals surface area contributed by atoms with Crippen LogP contribution in [0.25, 0.3) is 0 Å². The minimum Gasteiger partial charge on any atom is -0.330 e. The second-order valence-corrected chi connectivity index (χ2v) is 4.90. The van der Waals surface area contributed by atoms with Gasteiger partial charge in [0.15, 0.2) is 11.6 Å². The predicted molar refractivity (Wildman–Crippen MR) is 62.1 cm³/mol. The molecule has 1 atom stereocenters. The van der Waals surface area contributed by atoms with Gasteiger partial charge in [0.2, 0.25) is 0 Å². The van der Waals surface area contributed by atoms with Crippen LogP contribution in [0.4, 0.5) is 8.78 Å². The van der Waals surface area contributed by atoms with Crippen LogP contribution < -0.4 is 5.73 Å². The number of rotatable bonds is 4. The average molecular weight is 227 g/mol. The molecule has 0 radical (unpaired) electrons. The van der Waals surface area contributed by atoms with Crippen LogP contribution >= 0.6 is 0 Å². The lowest BCUT2D eigenvalue weighted by Crippen LogP contribution is -2.35. The van der Waals surface area contributed by atoms with Crippen molar-refractivity contribution in [1.29, 1.82) is 0 Å². The minimum atomic E-state index is -0.791. The molecule has 1 nitrogen and oxygen atoms in total. The van der Waals surface area contributed by atoms with Gasteiger partial charge in [0.05, 0.1) is 0 Å². The van der Waals surface area contributed by atoms with Crippen molar-refractivity contribution in [1.82, 2.24) is 0 Å². The average Bonchev–Trinajstić information content (AvgIpc) is 2.24. The third kappa shape index (κ3) is 2.59. The fourth-order valence-corrected chi connectivity index (χ4v) is 1.63. The molecule has 90 valence electrons. The summed E-state index contributed by atoms with van der Waals surface area (Å²) in [6, 6.07) is 4.29. The third-order valence-electron chi connectivity index (χ3n) is 3.49. The predicted octanol–water partition coefficient (Wildman–Crippen LogP) is 3.13. The first-order chi connectivity index (χ1) is 7.40. The van der Waals surface area contributed by atoms with Crippen molar-refractivity contribution in [3.05, 3.63) is 35.4 Å². The van der Waals surface area contributed by atoms with E-state index in [1.807, 2.05) is 20.8 Å². The van der Waals surface area contributed by atoms with Crippen molar-refractivity contribution in [3.63, 3.8) is 0 Å². The summed E-state index contributed by atoms with van der Waals surface area (Å²) in [6.07, 6.45) is 0.463. The topological polar surface area (TPSA) is 26.0 Å². The first kappa shape index (κ1) is 13.1. The molecule has 0 bridgehead atoms. The standard InChI is InChI=1S/C13H19F2N/c1-9(2)13(3,8-16)7-10-5-4-6-11(14)12(10)15/h4-6,9H,7-8,16H2,1-3H3. The molecule has 0 spiro atoms. The summed E-state index contributed by atoms with van der Waals surface area (Å²) in [4.78, 5) is 0. The number of halogens is 2. The lowest BCUT2D eigenvalue weighted by Gasteiger charge is -2.32. The van der Waals surface area contributed by atoms with Crippen LogP contribution in [-0.2, 0) is 6.42 Å². The second kappa shape index (κ2) is 4.91.